The Balaban J connectivity index is 1.93. The maximum absolute atomic E-state index is 11.6. The average molecular weight is 284 g/mol. The SMILES string of the molecule is CCOC(=O)c1ccc(NCCc2ccccc2)c(N)c1. The van der Waals surface area contributed by atoms with Crippen molar-refractivity contribution >= 4 is 17.3 Å². The van der Waals surface area contributed by atoms with Crippen molar-refractivity contribution in [2.24, 2.45) is 0 Å². The van der Waals surface area contributed by atoms with Crippen LogP contribution >= 0.6 is 0 Å². The minimum atomic E-state index is -0.347. The van der Waals surface area contributed by atoms with Crippen LogP contribution in [-0.4, -0.2) is 19.1 Å². The zero-order valence-corrected chi connectivity index (χ0v) is 12.1. The van der Waals surface area contributed by atoms with Gasteiger partial charge < -0.3 is 15.8 Å². The summed E-state index contributed by atoms with van der Waals surface area (Å²) < 4.78 is 4.95. The molecule has 4 heteroatoms. The van der Waals surface area contributed by atoms with E-state index < -0.39 is 0 Å². The molecule has 0 aliphatic carbocycles. The van der Waals surface area contributed by atoms with E-state index in [4.69, 9.17) is 10.5 Å². The first kappa shape index (κ1) is 14.9. The first-order valence-corrected chi connectivity index (χ1v) is 7.05. The number of esters is 1. The third-order valence-electron chi connectivity index (χ3n) is 3.13. The number of hydrogen-bond acceptors (Lipinski definition) is 4. The molecule has 21 heavy (non-hydrogen) atoms. The summed E-state index contributed by atoms with van der Waals surface area (Å²) in [5.74, 6) is -0.347. The molecule has 0 atom stereocenters. The van der Waals surface area contributed by atoms with Gasteiger partial charge in [0, 0.05) is 6.54 Å². The molecule has 0 saturated carbocycles. The average Bonchev–Trinajstić information content (AvgIpc) is 2.50. The molecular weight excluding hydrogens is 264 g/mol. The van der Waals surface area contributed by atoms with Crippen molar-refractivity contribution in [2.75, 3.05) is 24.2 Å². The Hall–Kier alpha value is -2.49. The number of rotatable bonds is 6. The van der Waals surface area contributed by atoms with Crippen molar-refractivity contribution < 1.29 is 9.53 Å². The third kappa shape index (κ3) is 4.24. The van der Waals surface area contributed by atoms with Crippen molar-refractivity contribution in [1.82, 2.24) is 0 Å². The van der Waals surface area contributed by atoms with Gasteiger partial charge in [-0.05, 0) is 37.1 Å². The molecule has 2 aromatic rings. The van der Waals surface area contributed by atoms with Gasteiger partial charge in [-0.2, -0.15) is 0 Å². The molecule has 0 aromatic heterocycles. The summed E-state index contributed by atoms with van der Waals surface area (Å²) in [5.41, 5.74) is 9.09. The van der Waals surface area contributed by atoms with E-state index in [-0.39, 0.29) is 5.97 Å². The number of nitrogens with one attached hydrogen (secondary N) is 1. The summed E-state index contributed by atoms with van der Waals surface area (Å²) in [5, 5.41) is 3.28. The number of carbonyl (C=O) groups excluding carboxylic acids is 1. The Labute approximate surface area is 124 Å². The highest BCUT2D eigenvalue weighted by atomic mass is 16.5. The lowest BCUT2D eigenvalue weighted by molar-refractivity contribution is 0.0526. The monoisotopic (exact) mass is 284 g/mol. The molecule has 2 rings (SSSR count). The van der Waals surface area contributed by atoms with Crippen LogP contribution in [0.2, 0.25) is 0 Å². The molecule has 2 aromatic carbocycles. The second-order valence-corrected chi connectivity index (χ2v) is 4.68. The van der Waals surface area contributed by atoms with Gasteiger partial charge in [0.2, 0.25) is 0 Å². The maximum Gasteiger partial charge on any atom is 0.338 e. The highest BCUT2D eigenvalue weighted by molar-refractivity contribution is 5.91. The van der Waals surface area contributed by atoms with Gasteiger partial charge >= 0.3 is 5.97 Å². The van der Waals surface area contributed by atoms with Crippen LogP contribution in [0.1, 0.15) is 22.8 Å². The third-order valence-corrected chi connectivity index (χ3v) is 3.13. The second-order valence-electron chi connectivity index (χ2n) is 4.68. The smallest absolute Gasteiger partial charge is 0.338 e. The van der Waals surface area contributed by atoms with Gasteiger partial charge in [-0.15, -0.1) is 0 Å². The number of benzene rings is 2. The number of ether oxygens (including phenoxy) is 1. The van der Waals surface area contributed by atoms with E-state index in [1.165, 1.54) is 5.56 Å². The first-order chi connectivity index (χ1) is 10.2. The van der Waals surface area contributed by atoms with Crippen LogP contribution in [0.4, 0.5) is 11.4 Å². The fourth-order valence-electron chi connectivity index (χ4n) is 2.05. The molecule has 0 aliphatic heterocycles. The van der Waals surface area contributed by atoms with Gasteiger partial charge in [-0.25, -0.2) is 4.79 Å². The Morgan fingerprint density at radius 2 is 1.95 bits per heavy atom. The molecule has 4 nitrogen and oxygen atoms in total. The van der Waals surface area contributed by atoms with Gasteiger partial charge in [0.25, 0.3) is 0 Å². The summed E-state index contributed by atoms with van der Waals surface area (Å²) in [4.78, 5) is 11.6. The van der Waals surface area contributed by atoms with Gasteiger partial charge in [0.05, 0.1) is 23.5 Å². The topological polar surface area (TPSA) is 64.3 Å². The lowest BCUT2D eigenvalue weighted by atomic mass is 10.1. The number of carbonyl (C=O) groups is 1. The molecule has 0 fully saturated rings. The van der Waals surface area contributed by atoms with Crippen molar-refractivity contribution in [3.05, 3.63) is 59.7 Å². The molecule has 0 saturated heterocycles. The van der Waals surface area contributed by atoms with Crippen LogP contribution in [0.25, 0.3) is 0 Å². The van der Waals surface area contributed by atoms with Crippen molar-refractivity contribution in [3.63, 3.8) is 0 Å². The fourth-order valence-corrected chi connectivity index (χ4v) is 2.05. The number of nitrogen functional groups attached to an aromatic ring is 1. The van der Waals surface area contributed by atoms with Gasteiger partial charge in [-0.1, -0.05) is 30.3 Å². The van der Waals surface area contributed by atoms with E-state index in [0.717, 1.165) is 18.7 Å². The Bertz CT molecular complexity index is 597. The van der Waals surface area contributed by atoms with E-state index in [9.17, 15) is 4.79 Å². The van der Waals surface area contributed by atoms with Crippen LogP contribution in [0.15, 0.2) is 48.5 Å². The van der Waals surface area contributed by atoms with E-state index in [1.807, 2.05) is 24.3 Å². The largest absolute Gasteiger partial charge is 0.462 e. The predicted octanol–water partition coefficient (Wildman–Crippen LogP) is 3.10. The van der Waals surface area contributed by atoms with Crippen LogP contribution in [0.3, 0.4) is 0 Å². The normalized spacial score (nSPS) is 10.1. The fraction of sp³-hybridized carbons (Fsp3) is 0.235. The highest BCUT2D eigenvalue weighted by Gasteiger charge is 2.08. The molecule has 0 amide bonds. The summed E-state index contributed by atoms with van der Waals surface area (Å²) in [6.45, 7) is 2.92. The van der Waals surface area contributed by atoms with E-state index in [1.54, 1.807) is 19.1 Å². The van der Waals surface area contributed by atoms with Crippen LogP contribution in [-0.2, 0) is 11.2 Å². The molecule has 0 heterocycles. The van der Waals surface area contributed by atoms with E-state index >= 15 is 0 Å². The lowest BCUT2D eigenvalue weighted by Gasteiger charge is -2.10. The number of nitrogens with two attached hydrogens (primary N) is 1. The maximum atomic E-state index is 11.6. The summed E-state index contributed by atoms with van der Waals surface area (Å²) in [6.07, 6.45) is 0.917. The number of anilines is 2. The van der Waals surface area contributed by atoms with Gasteiger partial charge in [0.15, 0.2) is 0 Å². The van der Waals surface area contributed by atoms with Crippen molar-refractivity contribution in [2.45, 2.75) is 13.3 Å². The predicted molar refractivity (Wildman–Crippen MR) is 85.4 cm³/mol. The van der Waals surface area contributed by atoms with Gasteiger partial charge in [0.1, 0.15) is 0 Å². The highest BCUT2D eigenvalue weighted by Crippen LogP contribution is 2.20. The van der Waals surface area contributed by atoms with Crippen molar-refractivity contribution in [3.8, 4) is 0 Å². The minimum Gasteiger partial charge on any atom is -0.462 e. The van der Waals surface area contributed by atoms with E-state index in [2.05, 4.69) is 17.4 Å². The molecule has 0 aliphatic rings. The Kier molecular flexibility index (Phi) is 5.21. The van der Waals surface area contributed by atoms with Crippen molar-refractivity contribution in [1.29, 1.82) is 0 Å². The molecule has 110 valence electrons. The molecular formula is C17H20N2O2. The first-order valence-electron chi connectivity index (χ1n) is 7.05. The number of hydrogen-bond donors (Lipinski definition) is 2. The van der Waals surface area contributed by atoms with Gasteiger partial charge in [-0.3, -0.25) is 0 Å². The van der Waals surface area contributed by atoms with E-state index in [0.29, 0.717) is 17.9 Å². The van der Waals surface area contributed by atoms with Crippen LogP contribution in [0, 0.1) is 0 Å². The van der Waals surface area contributed by atoms with Crippen LogP contribution in [0.5, 0.6) is 0 Å². The second kappa shape index (κ2) is 7.33. The molecule has 0 bridgehead atoms. The molecule has 0 unspecified atom stereocenters. The Morgan fingerprint density at radius 1 is 1.19 bits per heavy atom. The quantitative estimate of drug-likeness (QED) is 0.632. The molecule has 0 radical (unpaired) electrons. The zero-order valence-electron chi connectivity index (χ0n) is 12.1. The zero-order chi connectivity index (χ0) is 15.1. The summed E-state index contributed by atoms with van der Waals surface area (Å²) in [7, 11) is 0. The molecule has 0 spiro atoms. The summed E-state index contributed by atoms with van der Waals surface area (Å²) in [6, 6.07) is 15.4. The standard InChI is InChI=1S/C17H20N2O2/c1-2-21-17(20)14-8-9-16(15(18)12-14)19-11-10-13-6-4-3-5-7-13/h3-9,12,19H,2,10-11,18H2,1H3. The minimum absolute atomic E-state index is 0.347. The van der Waals surface area contributed by atoms with Crippen LogP contribution < -0.4 is 11.1 Å². The lowest BCUT2D eigenvalue weighted by Crippen LogP contribution is -2.09. The molecule has 3 N–H and O–H groups in total. The summed E-state index contributed by atoms with van der Waals surface area (Å²) >= 11 is 0. The Morgan fingerprint density at radius 3 is 2.62 bits per heavy atom.